The first-order chi connectivity index (χ1) is 21.9. The summed E-state index contributed by atoms with van der Waals surface area (Å²) in [6.07, 6.45) is 36.0. The Morgan fingerprint density at radius 1 is 0.600 bits per heavy atom. The van der Waals surface area contributed by atoms with Crippen LogP contribution >= 0.6 is 0 Å². The molecule has 7 nitrogen and oxygen atoms in total. The van der Waals surface area contributed by atoms with E-state index in [1.807, 2.05) is 48.6 Å². The fourth-order valence-electron chi connectivity index (χ4n) is 4.24. The Morgan fingerprint density at radius 2 is 1.16 bits per heavy atom. The van der Waals surface area contributed by atoms with Crippen LogP contribution in [-0.2, 0) is 19.1 Å². The number of unbranched alkanes of at least 4 members (excludes halogenated alkanes) is 10. The Labute approximate surface area is 273 Å². The number of ether oxygens (including phenoxy) is 2. The van der Waals surface area contributed by atoms with Gasteiger partial charge in [-0.05, 0) is 38.5 Å². The van der Waals surface area contributed by atoms with Gasteiger partial charge >= 0.3 is 11.9 Å². The van der Waals surface area contributed by atoms with E-state index in [2.05, 4.69) is 13.8 Å². The largest absolute Gasteiger partial charge is 0.463 e. The number of hydrogen-bond donors (Lipinski definition) is 3. The van der Waals surface area contributed by atoms with Gasteiger partial charge in [-0.25, -0.2) is 0 Å². The highest BCUT2D eigenvalue weighted by Gasteiger charge is 2.12. The molecule has 0 aromatic carbocycles. The molecule has 0 heterocycles. The van der Waals surface area contributed by atoms with Gasteiger partial charge in [-0.2, -0.15) is 0 Å². The third kappa shape index (κ3) is 32.5. The van der Waals surface area contributed by atoms with E-state index in [9.17, 15) is 24.9 Å². The molecule has 0 bridgehead atoms. The highest BCUT2D eigenvalue weighted by molar-refractivity contribution is 5.69. The Balaban J connectivity index is 3.80. The summed E-state index contributed by atoms with van der Waals surface area (Å²) in [5, 5.41) is 29.7. The average Bonchev–Trinajstić information content (AvgIpc) is 3.02. The van der Waals surface area contributed by atoms with Crippen LogP contribution < -0.4 is 0 Å². The van der Waals surface area contributed by atoms with E-state index in [1.165, 1.54) is 44.9 Å². The van der Waals surface area contributed by atoms with Gasteiger partial charge in [0, 0.05) is 12.8 Å². The van der Waals surface area contributed by atoms with Crippen LogP contribution in [0.3, 0.4) is 0 Å². The van der Waals surface area contributed by atoms with Crippen molar-refractivity contribution < 1.29 is 34.4 Å². The number of allylic oxidation sites excluding steroid dienone is 8. The van der Waals surface area contributed by atoms with Crippen molar-refractivity contribution in [2.24, 2.45) is 0 Å². The Bertz CT molecular complexity index is 885. The number of esters is 2. The number of hydrogen-bond acceptors (Lipinski definition) is 7. The molecule has 0 aliphatic carbocycles. The quantitative estimate of drug-likeness (QED) is 0.0331. The van der Waals surface area contributed by atoms with Crippen LogP contribution in [0, 0.1) is 0 Å². The summed E-state index contributed by atoms with van der Waals surface area (Å²) in [6.45, 7) is 3.90. The van der Waals surface area contributed by atoms with Crippen molar-refractivity contribution in [1.82, 2.24) is 0 Å². The minimum Gasteiger partial charge on any atom is -0.463 e. The van der Waals surface area contributed by atoms with Gasteiger partial charge in [-0.1, -0.05) is 145 Å². The zero-order valence-electron chi connectivity index (χ0n) is 28.1. The summed E-state index contributed by atoms with van der Waals surface area (Å²) in [6, 6.07) is 0. The fraction of sp³-hybridized carbons (Fsp3) is 0.632. The zero-order chi connectivity index (χ0) is 33.2. The van der Waals surface area contributed by atoms with E-state index >= 15 is 0 Å². The van der Waals surface area contributed by atoms with Gasteiger partial charge in [-0.3, -0.25) is 9.59 Å². The number of carbonyl (C=O) groups is 2. The molecule has 0 saturated heterocycles. The highest BCUT2D eigenvalue weighted by Crippen LogP contribution is 2.11. The van der Waals surface area contributed by atoms with Gasteiger partial charge in [0.05, 0.1) is 12.2 Å². The lowest BCUT2D eigenvalue weighted by Gasteiger charge is -2.12. The molecule has 0 aliphatic rings. The standard InChI is InChI=1S/C38H62O7/c1-3-5-7-8-9-10-11-15-18-24-30-37(42)44-32-36(41)33-45-38(43)31-25-19-23-29-35(40)28-22-17-14-12-13-16-21-27-34(39)26-20-6-4-2/h6,13-14,16-17,20-23,27-29,34-36,39-41H,3-5,7-12,15,18-19,24-26,30-33H2,1-2H3/b16-13-,17-14-,20-6-,27-21+,28-22+,29-23-/t34-,35-,36-/m1/s1. The van der Waals surface area contributed by atoms with E-state index in [-0.39, 0.29) is 25.6 Å². The van der Waals surface area contributed by atoms with E-state index in [1.54, 1.807) is 24.3 Å². The molecule has 3 atom stereocenters. The molecule has 0 aromatic heterocycles. The van der Waals surface area contributed by atoms with Crippen molar-refractivity contribution in [2.45, 2.75) is 141 Å². The van der Waals surface area contributed by atoms with Crippen LogP contribution in [0.15, 0.2) is 72.9 Å². The van der Waals surface area contributed by atoms with Gasteiger partial charge in [0.25, 0.3) is 0 Å². The third-order valence-electron chi connectivity index (χ3n) is 6.88. The molecule has 0 fully saturated rings. The van der Waals surface area contributed by atoms with Crippen LogP contribution in [0.1, 0.15) is 123 Å². The Hall–Kier alpha value is -2.74. The Morgan fingerprint density at radius 3 is 1.76 bits per heavy atom. The normalized spacial score (nSPS) is 14.5. The predicted molar refractivity (Wildman–Crippen MR) is 185 cm³/mol. The maximum Gasteiger partial charge on any atom is 0.305 e. The van der Waals surface area contributed by atoms with E-state index in [4.69, 9.17) is 9.47 Å². The van der Waals surface area contributed by atoms with Gasteiger partial charge in [0.15, 0.2) is 0 Å². The number of rotatable bonds is 29. The van der Waals surface area contributed by atoms with Crippen LogP contribution in [-0.4, -0.2) is 58.8 Å². The summed E-state index contributed by atoms with van der Waals surface area (Å²) in [5.74, 6) is -0.751. The molecule has 0 radical (unpaired) electrons. The second-order valence-electron chi connectivity index (χ2n) is 11.3. The monoisotopic (exact) mass is 630 g/mol. The molecule has 3 N–H and O–H groups in total. The van der Waals surface area contributed by atoms with E-state index < -0.39 is 24.3 Å². The summed E-state index contributed by atoms with van der Waals surface area (Å²) in [5.41, 5.74) is 0. The van der Waals surface area contributed by atoms with Crippen LogP contribution in [0.4, 0.5) is 0 Å². The molecule has 45 heavy (non-hydrogen) atoms. The lowest BCUT2D eigenvalue weighted by molar-refractivity contribution is -0.152. The minimum atomic E-state index is -1.04. The van der Waals surface area contributed by atoms with Crippen molar-refractivity contribution in [1.29, 1.82) is 0 Å². The summed E-state index contributed by atoms with van der Waals surface area (Å²) >= 11 is 0. The molecule has 0 rings (SSSR count). The second kappa shape index (κ2) is 32.6. The predicted octanol–water partition coefficient (Wildman–Crippen LogP) is 8.16. The van der Waals surface area contributed by atoms with Gasteiger partial charge < -0.3 is 24.8 Å². The van der Waals surface area contributed by atoms with Crippen molar-refractivity contribution in [3.8, 4) is 0 Å². The first kappa shape index (κ1) is 42.3. The number of aliphatic hydroxyl groups is 3. The van der Waals surface area contributed by atoms with Crippen molar-refractivity contribution in [3.63, 3.8) is 0 Å². The summed E-state index contributed by atoms with van der Waals surface area (Å²) < 4.78 is 10.2. The van der Waals surface area contributed by atoms with Gasteiger partial charge in [0.1, 0.15) is 19.3 Å². The maximum atomic E-state index is 11.9. The number of aliphatic hydroxyl groups excluding tert-OH is 3. The average molecular weight is 631 g/mol. The van der Waals surface area contributed by atoms with Gasteiger partial charge in [0.2, 0.25) is 0 Å². The molecule has 0 aliphatic heterocycles. The van der Waals surface area contributed by atoms with E-state index in [0.29, 0.717) is 25.7 Å². The first-order valence-electron chi connectivity index (χ1n) is 17.2. The molecule has 0 amide bonds. The molecular weight excluding hydrogens is 568 g/mol. The first-order valence-corrected chi connectivity index (χ1v) is 17.2. The van der Waals surface area contributed by atoms with Crippen LogP contribution in [0.5, 0.6) is 0 Å². The molecule has 256 valence electrons. The lowest BCUT2D eigenvalue weighted by atomic mass is 10.1. The SMILES string of the molecule is CC/C=C\C[C@@H](O)/C=C/C=C\C/C=C\C=C\[C@@H](O)/C=C\CCCC(=O)OC[C@H](O)COC(=O)CCCCCCCCCCCC. The molecule has 0 saturated carbocycles. The van der Waals surface area contributed by atoms with Gasteiger partial charge in [-0.15, -0.1) is 0 Å². The third-order valence-corrected chi connectivity index (χ3v) is 6.88. The fourth-order valence-corrected chi connectivity index (χ4v) is 4.24. The summed E-state index contributed by atoms with van der Waals surface area (Å²) in [4.78, 5) is 23.8. The molecule has 0 aromatic rings. The maximum absolute atomic E-state index is 11.9. The van der Waals surface area contributed by atoms with Crippen LogP contribution in [0.25, 0.3) is 0 Å². The topological polar surface area (TPSA) is 113 Å². The highest BCUT2D eigenvalue weighted by atomic mass is 16.6. The Kier molecular flexibility index (Phi) is 30.7. The van der Waals surface area contributed by atoms with Crippen molar-refractivity contribution in [3.05, 3.63) is 72.9 Å². The van der Waals surface area contributed by atoms with Crippen molar-refractivity contribution >= 4 is 11.9 Å². The zero-order valence-corrected chi connectivity index (χ0v) is 28.1. The minimum absolute atomic E-state index is 0.177. The lowest BCUT2D eigenvalue weighted by Crippen LogP contribution is -2.25. The molecule has 0 unspecified atom stereocenters. The van der Waals surface area contributed by atoms with Crippen LogP contribution in [0.2, 0.25) is 0 Å². The molecule has 7 heteroatoms. The number of carbonyl (C=O) groups excluding carboxylic acids is 2. The molecular formula is C38H62O7. The van der Waals surface area contributed by atoms with Crippen molar-refractivity contribution in [2.75, 3.05) is 13.2 Å². The second-order valence-corrected chi connectivity index (χ2v) is 11.3. The van der Waals surface area contributed by atoms with E-state index in [0.717, 1.165) is 32.1 Å². The molecule has 0 spiro atoms. The summed E-state index contributed by atoms with van der Waals surface area (Å²) in [7, 11) is 0. The smallest absolute Gasteiger partial charge is 0.305 e.